The summed E-state index contributed by atoms with van der Waals surface area (Å²) in [6, 6.07) is 11.6. The average molecular weight is 350 g/mol. The molecular weight excluding hydrogens is 336 g/mol. The molecular formula is C16H14O5S2. The van der Waals surface area contributed by atoms with Crippen molar-refractivity contribution in [1.29, 1.82) is 0 Å². The summed E-state index contributed by atoms with van der Waals surface area (Å²) in [7, 11) is -9.05. The summed E-state index contributed by atoms with van der Waals surface area (Å²) < 4.78 is 53.8. The van der Waals surface area contributed by atoms with Crippen molar-refractivity contribution < 1.29 is 20.5 Å². The maximum absolute atomic E-state index is 12.3. The molecule has 0 aliphatic heterocycles. The van der Waals surface area contributed by atoms with Gasteiger partial charge in [0.1, 0.15) is 9.79 Å². The van der Waals surface area contributed by atoms with Crippen LogP contribution in [-0.4, -0.2) is 16.8 Å². The minimum atomic E-state index is -4.53. The minimum Gasteiger partial charge on any atom is -0.193 e. The molecule has 0 amide bonds. The van der Waals surface area contributed by atoms with Crippen LogP contribution in [0.25, 0.3) is 12.2 Å². The molecule has 0 bridgehead atoms. The zero-order chi connectivity index (χ0) is 17.1. The quantitative estimate of drug-likeness (QED) is 0.800. The van der Waals surface area contributed by atoms with Gasteiger partial charge in [0, 0.05) is 0 Å². The lowest BCUT2D eigenvalue weighted by molar-refractivity contribution is 0.461. The van der Waals surface area contributed by atoms with Gasteiger partial charge in [-0.25, -0.2) is 0 Å². The topological polar surface area (TPSA) is 77.5 Å². The molecule has 0 saturated heterocycles. The second-order valence-corrected chi connectivity index (χ2v) is 7.70. The zero-order valence-electron chi connectivity index (χ0n) is 12.0. The van der Waals surface area contributed by atoms with E-state index in [1.54, 1.807) is 12.1 Å². The maximum Gasteiger partial charge on any atom is 0.312 e. The molecule has 2 aromatic rings. The van der Waals surface area contributed by atoms with Gasteiger partial charge in [-0.3, -0.25) is 0 Å². The normalized spacial score (nSPS) is 11.8. The fraction of sp³-hybridized carbons (Fsp3) is 0. The van der Waals surface area contributed by atoms with E-state index in [1.807, 2.05) is 0 Å². The van der Waals surface area contributed by atoms with E-state index in [0.29, 0.717) is 0 Å². The molecule has 23 heavy (non-hydrogen) atoms. The van der Waals surface area contributed by atoms with Gasteiger partial charge in [-0.2, -0.15) is 16.8 Å². The molecule has 2 rings (SSSR count). The van der Waals surface area contributed by atoms with Gasteiger partial charge in [-0.05, 0) is 23.3 Å². The highest BCUT2D eigenvalue weighted by Crippen LogP contribution is 2.25. The van der Waals surface area contributed by atoms with Crippen molar-refractivity contribution in [3.63, 3.8) is 0 Å². The lowest BCUT2D eigenvalue weighted by Gasteiger charge is -2.10. The largest absolute Gasteiger partial charge is 0.312 e. The van der Waals surface area contributed by atoms with Crippen LogP contribution in [-0.2, 0) is 23.9 Å². The van der Waals surface area contributed by atoms with Gasteiger partial charge in [0.05, 0.1) is 0 Å². The van der Waals surface area contributed by atoms with Gasteiger partial charge in [-0.15, -0.1) is 3.63 Å². The van der Waals surface area contributed by atoms with E-state index in [1.165, 1.54) is 48.6 Å². The van der Waals surface area contributed by atoms with Crippen molar-refractivity contribution in [3.8, 4) is 0 Å². The van der Waals surface area contributed by atoms with Crippen LogP contribution in [0.15, 0.2) is 71.5 Å². The molecule has 0 heterocycles. The Labute approximate surface area is 135 Å². The summed E-state index contributed by atoms with van der Waals surface area (Å²) in [5.74, 6) is 0. The van der Waals surface area contributed by atoms with Gasteiger partial charge in [-0.1, -0.05) is 61.7 Å². The summed E-state index contributed by atoms with van der Waals surface area (Å²) >= 11 is 0. The predicted octanol–water partition coefficient (Wildman–Crippen LogP) is 3.07. The third-order valence-electron chi connectivity index (χ3n) is 3.00. The monoisotopic (exact) mass is 350 g/mol. The van der Waals surface area contributed by atoms with Crippen LogP contribution in [0.5, 0.6) is 0 Å². The first-order valence-electron chi connectivity index (χ1n) is 6.46. The van der Waals surface area contributed by atoms with Gasteiger partial charge in [0.15, 0.2) is 0 Å². The number of hydrogen-bond acceptors (Lipinski definition) is 5. The van der Waals surface area contributed by atoms with E-state index in [9.17, 15) is 16.8 Å². The molecule has 0 saturated carbocycles. The van der Waals surface area contributed by atoms with Crippen LogP contribution >= 0.6 is 0 Å². The smallest absolute Gasteiger partial charge is 0.193 e. The molecule has 7 heteroatoms. The first-order valence-corrected chi connectivity index (χ1v) is 9.27. The molecule has 0 aliphatic carbocycles. The minimum absolute atomic E-state index is 0.250. The second kappa shape index (κ2) is 6.49. The van der Waals surface area contributed by atoms with Crippen LogP contribution < -0.4 is 0 Å². The third-order valence-corrected chi connectivity index (χ3v) is 6.25. The zero-order valence-corrected chi connectivity index (χ0v) is 13.7. The molecule has 0 radical (unpaired) electrons. The van der Waals surface area contributed by atoms with Crippen LogP contribution in [0.3, 0.4) is 0 Å². The molecule has 0 spiro atoms. The summed E-state index contributed by atoms with van der Waals surface area (Å²) in [5.41, 5.74) is 0.499. The average Bonchev–Trinajstić information content (AvgIpc) is 2.53. The van der Waals surface area contributed by atoms with E-state index in [4.69, 9.17) is 0 Å². The first-order chi connectivity index (χ1) is 10.8. The van der Waals surface area contributed by atoms with Crippen molar-refractivity contribution in [1.82, 2.24) is 0 Å². The summed E-state index contributed by atoms with van der Waals surface area (Å²) in [6.07, 6.45) is 2.61. The summed E-state index contributed by atoms with van der Waals surface area (Å²) in [5, 5.41) is 0. The second-order valence-electron chi connectivity index (χ2n) is 4.46. The maximum atomic E-state index is 12.3. The van der Waals surface area contributed by atoms with Crippen molar-refractivity contribution in [2.45, 2.75) is 9.79 Å². The van der Waals surface area contributed by atoms with Gasteiger partial charge < -0.3 is 0 Å². The fourth-order valence-electron chi connectivity index (χ4n) is 1.94. The Bertz CT molecular complexity index is 878. The van der Waals surface area contributed by atoms with Crippen molar-refractivity contribution in [2.24, 2.45) is 0 Å². The Morgan fingerprint density at radius 2 is 1.04 bits per heavy atom. The van der Waals surface area contributed by atoms with Crippen LogP contribution in [0.4, 0.5) is 0 Å². The Hall–Kier alpha value is -2.22. The molecule has 2 aromatic carbocycles. The van der Waals surface area contributed by atoms with Crippen LogP contribution in [0, 0.1) is 0 Å². The van der Waals surface area contributed by atoms with Crippen molar-refractivity contribution >= 4 is 32.4 Å². The van der Waals surface area contributed by atoms with E-state index in [2.05, 4.69) is 16.8 Å². The highest BCUT2D eigenvalue weighted by molar-refractivity contribution is 8.00. The van der Waals surface area contributed by atoms with Crippen LogP contribution in [0.2, 0.25) is 0 Å². The lowest BCUT2D eigenvalue weighted by atomic mass is 10.2. The summed E-state index contributed by atoms with van der Waals surface area (Å²) in [4.78, 5) is -0.538. The Balaban J connectivity index is 2.52. The Kier molecular flexibility index (Phi) is 4.84. The van der Waals surface area contributed by atoms with Gasteiger partial charge in [0.25, 0.3) is 0 Å². The number of rotatable bonds is 6. The summed E-state index contributed by atoms with van der Waals surface area (Å²) in [6.45, 7) is 7.01. The van der Waals surface area contributed by atoms with E-state index < -0.39 is 20.2 Å². The van der Waals surface area contributed by atoms with Gasteiger partial charge in [0.2, 0.25) is 0 Å². The first kappa shape index (κ1) is 17.1. The van der Waals surface area contributed by atoms with E-state index in [-0.39, 0.29) is 20.9 Å². The fourth-order valence-corrected chi connectivity index (χ4v) is 4.85. The van der Waals surface area contributed by atoms with Crippen molar-refractivity contribution in [3.05, 3.63) is 72.8 Å². The van der Waals surface area contributed by atoms with E-state index in [0.717, 1.165) is 0 Å². The SMILES string of the molecule is C=Cc1ccccc1S(=O)(=O)OS(=O)(=O)c1ccccc1C=C. The van der Waals surface area contributed by atoms with E-state index >= 15 is 0 Å². The lowest BCUT2D eigenvalue weighted by Crippen LogP contribution is -2.15. The molecule has 0 aromatic heterocycles. The standard InChI is InChI=1S/C16H14O5S2/c1-3-13-9-5-7-11-15(13)22(17,18)21-23(19,20)16-12-8-6-10-14(16)4-2/h3-12H,1-2H2. The predicted molar refractivity (Wildman–Crippen MR) is 88.5 cm³/mol. The van der Waals surface area contributed by atoms with Crippen molar-refractivity contribution in [2.75, 3.05) is 0 Å². The highest BCUT2D eigenvalue weighted by Gasteiger charge is 2.29. The molecule has 0 aliphatic rings. The molecule has 120 valence electrons. The van der Waals surface area contributed by atoms with Gasteiger partial charge >= 0.3 is 20.2 Å². The number of hydrogen-bond donors (Lipinski definition) is 0. The molecule has 5 nitrogen and oxygen atoms in total. The molecule has 0 N–H and O–H groups in total. The molecule has 0 unspecified atom stereocenters. The Morgan fingerprint density at radius 1 is 0.696 bits per heavy atom. The highest BCUT2D eigenvalue weighted by atomic mass is 32.3. The van der Waals surface area contributed by atoms with Crippen LogP contribution in [0.1, 0.15) is 11.1 Å². The molecule has 0 fully saturated rings. The molecule has 0 atom stereocenters. The Morgan fingerprint density at radius 3 is 1.39 bits per heavy atom. The third kappa shape index (κ3) is 3.58. The number of benzene rings is 2.